The fourth-order valence-corrected chi connectivity index (χ4v) is 1.53. The van der Waals surface area contributed by atoms with Crippen molar-refractivity contribution in [3.8, 4) is 5.88 Å². The molecule has 0 aromatic carbocycles. The molecule has 0 unspecified atom stereocenters. The van der Waals surface area contributed by atoms with Gasteiger partial charge in [0, 0.05) is 12.7 Å². The van der Waals surface area contributed by atoms with E-state index >= 15 is 0 Å². The van der Waals surface area contributed by atoms with Crippen LogP contribution in [0, 0.1) is 0 Å². The van der Waals surface area contributed by atoms with Crippen molar-refractivity contribution >= 4 is 5.82 Å². The van der Waals surface area contributed by atoms with Gasteiger partial charge in [-0.05, 0) is 13.3 Å². The number of hydrogen-bond donors (Lipinski definition) is 1. The quantitative estimate of drug-likeness (QED) is 0.685. The Hall–Kier alpha value is -1.36. The molecular weight excluding hydrogens is 230 g/mol. The number of ether oxygens (including phenoxy) is 2. The SMILES string of the molecule is CCCCCCOc1cc(N)nc(COCC)n1. The van der Waals surface area contributed by atoms with Crippen LogP contribution in [0.1, 0.15) is 45.4 Å². The second-order valence-corrected chi connectivity index (χ2v) is 4.09. The standard InChI is InChI=1S/C13H23N3O2/c1-3-5-6-7-8-18-13-9-11(14)15-12(16-13)10-17-4-2/h9H,3-8,10H2,1-2H3,(H2,14,15,16). The third kappa shape index (κ3) is 5.82. The summed E-state index contributed by atoms with van der Waals surface area (Å²) in [7, 11) is 0. The highest BCUT2D eigenvalue weighted by Crippen LogP contribution is 2.12. The molecule has 0 aliphatic carbocycles. The molecule has 1 aromatic heterocycles. The molecule has 1 aromatic rings. The molecule has 1 rings (SSSR count). The summed E-state index contributed by atoms with van der Waals surface area (Å²) in [5, 5.41) is 0. The van der Waals surface area contributed by atoms with Crippen molar-refractivity contribution in [1.82, 2.24) is 9.97 Å². The maximum Gasteiger partial charge on any atom is 0.218 e. The first-order valence-corrected chi connectivity index (χ1v) is 6.60. The second-order valence-electron chi connectivity index (χ2n) is 4.09. The van der Waals surface area contributed by atoms with Crippen molar-refractivity contribution in [2.75, 3.05) is 18.9 Å². The molecule has 0 aliphatic heterocycles. The van der Waals surface area contributed by atoms with E-state index < -0.39 is 0 Å². The van der Waals surface area contributed by atoms with Crippen molar-refractivity contribution in [2.45, 2.75) is 46.1 Å². The molecule has 0 spiro atoms. The van der Waals surface area contributed by atoms with Gasteiger partial charge in [0.1, 0.15) is 12.4 Å². The second kappa shape index (κ2) is 8.69. The summed E-state index contributed by atoms with van der Waals surface area (Å²) in [6.07, 6.45) is 4.69. The lowest BCUT2D eigenvalue weighted by Crippen LogP contribution is -2.06. The predicted molar refractivity (Wildman–Crippen MR) is 71.4 cm³/mol. The zero-order valence-electron chi connectivity index (χ0n) is 11.3. The van der Waals surface area contributed by atoms with Gasteiger partial charge in [0.15, 0.2) is 5.82 Å². The molecule has 0 aliphatic rings. The molecule has 0 fully saturated rings. The summed E-state index contributed by atoms with van der Waals surface area (Å²) >= 11 is 0. The first-order valence-electron chi connectivity index (χ1n) is 6.60. The summed E-state index contributed by atoms with van der Waals surface area (Å²) < 4.78 is 10.8. The van der Waals surface area contributed by atoms with Gasteiger partial charge in [0.2, 0.25) is 5.88 Å². The van der Waals surface area contributed by atoms with Crippen LogP contribution >= 0.6 is 0 Å². The van der Waals surface area contributed by atoms with E-state index in [9.17, 15) is 0 Å². The first kappa shape index (κ1) is 14.7. The molecule has 5 nitrogen and oxygen atoms in total. The van der Waals surface area contributed by atoms with Crippen LogP contribution in [0.5, 0.6) is 5.88 Å². The molecule has 1 heterocycles. The first-order chi connectivity index (χ1) is 8.76. The van der Waals surface area contributed by atoms with Gasteiger partial charge in [-0.2, -0.15) is 4.98 Å². The highest BCUT2D eigenvalue weighted by Gasteiger charge is 2.03. The van der Waals surface area contributed by atoms with Crippen molar-refractivity contribution in [1.29, 1.82) is 0 Å². The Morgan fingerprint density at radius 3 is 2.72 bits per heavy atom. The maximum atomic E-state index is 5.70. The zero-order valence-corrected chi connectivity index (χ0v) is 11.3. The number of rotatable bonds is 9. The minimum atomic E-state index is 0.369. The Balaban J connectivity index is 2.41. The van der Waals surface area contributed by atoms with Gasteiger partial charge in [-0.15, -0.1) is 0 Å². The van der Waals surface area contributed by atoms with Gasteiger partial charge < -0.3 is 15.2 Å². The fraction of sp³-hybridized carbons (Fsp3) is 0.692. The summed E-state index contributed by atoms with van der Waals surface area (Å²) in [4.78, 5) is 8.34. The van der Waals surface area contributed by atoms with Crippen LogP contribution in [0.15, 0.2) is 6.07 Å². The van der Waals surface area contributed by atoms with Gasteiger partial charge in [-0.25, -0.2) is 4.98 Å². The lowest BCUT2D eigenvalue weighted by Gasteiger charge is -2.07. The summed E-state index contributed by atoms with van der Waals surface area (Å²) in [6.45, 7) is 5.78. The Morgan fingerprint density at radius 2 is 2.00 bits per heavy atom. The third-order valence-electron chi connectivity index (χ3n) is 2.45. The van der Waals surface area contributed by atoms with Crippen molar-refractivity contribution in [2.24, 2.45) is 0 Å². The van der Waals surface area contributed by atoms with Gasteiger partial charge in [-0.3, -0.25) is 0 Å². The van der Waals surface area contributed by atoms with E-state index in [2.05, 4.69) is 16.9 Å². The lowest BCUT2D eigenvalue weighted by molar-refractivity contribution is 0.127. The number of nitrogens with two attached hydrogens (primary N) is 1. The van der Waals surface area contributed by atoms with E-state index in [1.54, 1.807) is 6.07 Å². The van der Waals surface area contributed by atoms with Crippen LogP contribution in [0.25, 0.3) is 0 Å². The maximum absolute atomic E-state index is 5.70. The Kier molecular flexibility index (Phi) is 7.10. The highest BCUT2D eigenvalue weighted by molar-refractivity contribution is 5.32. The average Bonchev–Trinajstić information content (AvgIpc) is 2.35. The van der Waals surface area contributed by atoms with Crippen molar-refractivity contribution in [3.05, 3.63) is 11.9 Å². The van der Waals surface area contributed by atoms with Gasteiger partial charge in [0.05, 0.1) is 6.61 Å². The number of aromatic nitrogens is 2. The van der Waals surface area contributed by atoms with Gasteiger partial charge in [-0.1, -0.05) is 26.2 Å². The normalized spacial score (nSPS) is 10.6. The van der Waals surface area contributed by atoms with Crippen molar-refractivity contribution in [3.63, 3.8) is 0 Å². The fourth-order valence-electron chi connectivity index (χ4n) is 1.53. The Labute approximate surface area is 109 Å². The molecule has 2 N–H and O–H groups in total. The Morgan fingerprint density at radius 1 is 1.17 bits per heavy atom. The van der Waals surface area contributed by atoms with Crippen LogP contribution in [-0.2, 0) is 11.3 Å². The minimum absolute atomic E-state index is 0.369. The van der Waals surface area contributed by atoms with E-state index in [-0.39, 0.29) is 0 Å². The molecular formula is C13H23N3O2. The largest absolute Gasteiger partial charge is 0.478 e. The molecule has 0 bridgehead atoms. The van der Waals surface area contributed by atoms with E-state index in [0.29, 0.717) is 37.3 Å². The molecule has 18 heavy (non-hydrogen) atoms. The smallest absolute Gasteiger partial charge is 0.218 e. The highest BCUT2D eigenvalue weighted by atomic mass is 16.5. The van der Waals surface area contributed by atoms with Crippen molar-refractivity contribution < 1.29 is 9.47 Å². The monoisotopic (exact) mass is 253 g/mol. The van der Waals surface area contributed by atoms with Crippen LogP contribution in [0.4, 0.5) is 5.82 Å². The van der Waals surface area contributed by atoms with E-state index in [1.807, 2.05) is 6.92 Å². The topological polar surface area (TPSA) is 70.3 Å². The van der Waals surface area contributed by atoms with Gasteiger partial charge >= 0.3 is 0 Å². The number of unbranched alkanes of at least 4 members (excludes halogenated alkanes) is 3. The van der Waals surface area contributed by atoms with Crippen LogP contribution < -0.4 is 10.5 Å². The molecule has 0 atom stereocenters. The van der Waals surface area contributed by atoms with Crippen LogP contribution in [-0.4, -0.2) is 23.2 Å². The zero-order chi connectivity index (χ0) is 13.2. The summed E-state index contributed by atoms with van der Waals surface area (Å²) in [6, 6.07) is 1.65. The summed E-state index contributed by atoms with van der Waals surface area (Å²) in [5.41, 5.74) is 5.70. The third-order valence-corrected chi connectivity index (χ3v) is 2.45. The number of nitrogen functional groups attached to an aromatic ring is 1. The van der Waals surface area contributed by atoms with Gasteiger partial charge in [0.25, 0.3) is 0 Å². The van der Waals surface area contributed by atoms with Crippen LogP contribution in [0.3, 0.4) is 0 Å². The number of anilines is 1. The molecule has 0 amide bonds. The predicted octanol–water partition coefficient (Wildman–Crippen LogP) is 2.55. The molecule has 5 heteroatoms. The van der Waals surface area contributed by atoms with E-state index in [0.717, 1.165) is 6.42 Å². The number of hydrogen-bond acceptors (Lipinski definition) is 5. The van der Waals surface area contributed by atoms with E-state index in [4.69, 9.17) is 15.2 Å². The van der Waals surface area contributed by atoms with Crippen LogP contribution in [0.2, 0.25) is 0 Å². The number of nitrogens with zero attached hydrogens (tertiary/aromatic N) is 2. The lowest BCUT2D eigenvalue weighted by atomic mass is 10.2. The summed E-state index contributed by atoms with van der Waals surface area (Å²) in [5.74, 6) is 1.53. The molecule has 0 saturated heterocycles. The Bertz CT molecular complexity index is 345. The molecule has 0 saturated carbocycles. The average molecular weight is 253 g/mol. The molecule has 102 valence electrons. The molecule has 0 radical (unpaired) electrons. The van der Waals surface area contributed by atoms with E-state index in [1.165, 1.54) is 19.3 Å². The minimum Gasteiger partial charge on any atom is -0.478 e.